The molecule has 1 aromatic heterocycles. The highest BCUT2D eigenvalue weighted by Gasteiger charge is 2.18. The van der Waals surface area contributed by atoms with Crippen LogP contribution in [0.25, 0.3) is 5.69 Å². The number of oxime groups is 1. The predicted molar refractivity (Wildman–Crippen MR) is 105 cm³/mol. The van der Waals surface area contributed by atoms with Gasteiger partial charge < -0.3 is 5.21 Å². The maximum absolute atomic E-state index is 9.48. The Morgan fingerprint density at radius 2 is 1.77 bits per heavy atom. The molecule has 1 heterocycles. The van der Waals surface area contributed by atoms with Crippen LogP contribution in [0.4, 0.5) is 5.69 Å². The van der Waals surface area contributed by atoms with E-state index >= 15 is 0 Å². The molecule has 0 aliphatic carbocycles. The molecule has 2 N–H and O–H groups in total. The second kappa shape index (κ2) is 7.92. The number of rotatable bonds is 5. The zero-order valence-corrected chi connectivity index (χ0v) is 15.8. The third kappa shape index (κ3) is 3.97. The average Bonchev–Trinajstić information content (AvgIpc) is 3.04. The van der Waals surface area contributed by atoms with E-state index in [0.717, 1.165) is 15.8 Å². The van der Waals surface area contributed by atoms with Gasteiger partial charge in [0.15, 0.2) is 5.71 Å². The van der Waals surface area contributed by atoms with E-state index in [9.17, 15) is 5.21 Å². The lowest BCUT2D eigenvalue weighted by Gasteiger charge is -2.04. The number of nitrogens with one attached hydrogen (secondary N) is 1. The molecule has 0 fully saturated rings. The number of halogens is 1. The molecule has 7 nitrogen and oxygen atoms in total. The third-order valence-corrected chi connectivity index (χ3v) is 4.16. The first-order valence-corrected chi connectivity index (χ1v) is 8.66. The lowest BCUT2D eigenvalue weighted by molar-refractivity contribution is 0.320. The number of aryl methyl sites for hydroxylation is 1. The number of aromatic nitrogens is 3. The lowest BCUT2D eigenvalue weighted by atomic mass is 10.1. The summed E-state index contributed by atoms with van der Waals surface area (Å²) in [6.07, 6.45) is 0. The molecule has 2 aromatic carbocycles. The zero-order chi connectivity index (χ0) is 18.5. The fourth-order valence-corrected chi connectivity index (χ4v) is 2.56. The molecule has 8 heteroatoms. The van der Waals surface area contributed by atoms with Gasteiger partial charge >= 0.3 is 0 Å². The molecule has 132 valence electrons. The Kier molecular flexibility index (Phi) is 5.43. The number of para-hydroxylation sites is 1. The summed E-state index contributed by atoms with van der Waals surface area (Å²) >= 11 is 3.39. The molecule has 0 aliphatic rings. The van der Waals surface area contributed by atoms with Crippen LogP contribution in [0.1, 0.15) is 18.3 Å². The van der Waals surface area contributed by atoms with E-state index in [4.69, 9.17) is 0 Å². The number of benzene rings is 2. The van der Waals surface area contributed by atoms with Gasteiger partial charge in [-0.25, -0.2) is 0 Å². The molecule has 0 aliphatic heterocycles. The van der Waals surface area contributed by atoms with Gasteiger partial charge in [0.2, 0.25) is 0 Å². The maximum Gasteiger partial charge on any atom is 0.155 e. The summed E-state index contributed by atoms with van der Waals surface area (Å²) in [5.41, 5.74) is 6.42. The number of nitrogens with zero attached hydrogens (tertiary/aromatic N) is 5. The van der Waals surface area contributed by atoms with Crippen molar-refractivity contribution in [1.29, 1.82) is 0 Å². The molecular formula is C18H17BrN6O. The molecule has 3 aromatic rings. The largest absolute Gasteiger partial charge is 0.410 e. The van der Waals surface area contributed by atoms with Crippen molar-refractivity contribution in [2.75, 3.05) is 5.43 Å². The van der Waals surface area contributed by atoms with Crippen molar-refractivity contribution in [3.8, 4) is 5.69 Å². The standard InChI is InChI=1S/C18H17BrN6O/c1-12(20-21-15-10-8-14(19)9-11-15)18(24-26)17-13(2)22-25(23-17)16-6-4-3-5-7-16/h3-11,21,26H,1-2H3/b20-12+,24-18+. The molecule has 0 bridgehead atoms. The highest BCUT2D eigenvalue weighted by Crippen LogP contribution is 2.14. The monoisotopic (exact) mass is 412 g/mol. The minimum atomic E-state index is 0.259. The van der Waals surface area contributed by atoms with Crippen molar-refractivity contribution in [2.24, 2.45) is 10.3 Å². The van der Waals surface area contributed by atoms with Gasteiger partial charge in [-0.05, 0) is 50.2 Å². The van der Waals surface area contributed by atoms with Gasteiger partial charge in [-0.1, -0.05) is 39.3 Å². The number of anilines is 1. The van der Waals surface area contributed by atoms with Gasteiger partial charge in [0, 0.05) is 4.47 Å². The number of hydrogen-bond acceptors (Lipinski definition) is 6. The highest BCUT2D eigenvalue weighted by atomic mass is 79.9. The fraction of sp³-hybridized carbons (Fsp3) is 0.111. The molecule has 0 saturated carbocycles. The van der Waals surface area contributed by atoms with Crippen molar-refractivity contribution < 1.29 is 5.21 Å². The molecule has 0 atom stereocenters. The van der Waals surface area contributed by atoms with E-state index in [1.165, 1.54) is 4.80 Å². The second-order valence-electron chi connectivity index (χ2n) is 5.52. The number of hydrogen-bond donors (Lipinski definition) is 2. The highest BCUT2D eigenvalue weighted by molar-refractivity contribution is 9.10. The van der Waals surface area contributed by atoms with E-state index in [1.54, 1.807) is 6.92 Å². The summed E-state index contributed by atoms with van der Waals surface area (Å²) in [5.74, 6) is 0. The summed E-state index contributed by atoms with van der Waals surface area (Å²) in [6.45, 7) is 3.55. The van der Waals surface area contributed by atoms with Crippen LogP contribution in [-0.4, -0.2) is 31.6 Å². The molecule has 0 amide bonds. The van der Waals surface area contributed by atoms with Gasteiger partial charge in [-0.15, -0.1) is 5.10 Å². The van der Waals surface area contributed by atoms with Gasteiger partial charge in [0.05, 0.1) is 22.8 Å². The maximum atomic E-state index is 9.48. The van der Waals surface area contributed by atoms with Crippen LogP contribution in [0.2, 0.25) is 0 Å². The smallest absolute Gasteiger partial charge is 0.155 e. The minimum absolute atomic E-state index is 0.259. The molecule has 26 heavy (non-hydrogen) atoms. The first-order valence-electron chi connectivity index (χ1n) is 7.86. The molecule has 0 radical (unpaired) electrons. The molecule has 3 rings (SSSR count). The normalized spacial score (nSPS) is 12.3. The Morgan fingerprint density at radius 3 is 2.42 bits per heavy atom. The Labute approximate surface area is 159 Å². The van der Waals surface area contributed by atoms with Gasteiger partial charge in [0.25, 0.3) is 0 Å². The summed E-state index contributed by atoms with van der Waals surface area (Å²) in [4.78, 5) is 1.51. The van der Waals surface area contributed by atoms with Crippen LogP contribution >= 0.6 is 15.9 Å². The van der Waals surface area contributed by atoms with Crippen molar-refractivity contribution in [3.05, 3.63) is 70.5 Å². The summed E-state index contributed by atoms with van der Waals surface area (Å²) in [7, 11) is 0. The van der Waals surface area contributed by atoms with E-state index in [2.05, 4.69) is 41.8 Å². The van der Waals surface area contributed by atoms with Crippen LogP contribution < -0.4 is 5.43 Å². The van der Waals surface area contributed by atoms with Crippen LogP contribution in [0.5, 0.6) is 0 Å². The van der Waals surface area contributed by atoms with E-state index in [-0.39, 0.29) is 5.71 Å². The Morgan fingerprint density at radius 1 is 1.08 bits per heavy atom. The van der Waals surface area contributed by atoms with Crippen LogP contribution in [0.3, 0.4) is 0 Å². The van der Waals surface area contributed by atoms with E-state index in [0.29, 0.717) is 17.1 Å². The first-order chi connectivity index (χ1) is 12.6. The van der Waals surface area contributed by atoms with E-state index < -0.39 is 0 Å². The van der Waals surface area contributed by atoms with Gasteiger partial charge in [-0.2, -0.15) is 15.0 Å². The number of hydrazone groups is 1. The average molecular weight is 413 g/mol. The fourth-order valence-electron chi connectivity index (χ4n) is 2.29. The topological polar surface area (TPSA) is 87.7 Å². The minimum Gasteiger partial charge on any atom is -0.410 e. The van der Waals surface area contributed by atoms with Crippen LogP contribution in [0.15, 0.2) is 69.3 Å². The molecule has 0 spiro atoms. The Balaban J connectivity index is 1.85. The second-order valence-corrected chi connectivity index (χ2v) is 6.44. The molecule has 0 unspecified atom stereocenters. The third-order valence-electron chi connectivity index (χ3n) is 3.63. The van der Waals surface area contributed by atoms with Gasteiger partial charge in [0.1, 0.15) is 5.69 Å². The summed E-state index contributed by atoms with van der Waals surface area (Å²) in [5, 5.41) is 26.0. The SMILES string of the molecule is CC(=N\Nc1ccc(Br)cc1)/C(=N\O)c1nn(-c2ccccc2)nc1C. The van der Waals surface area contributed by atoms with Crippen molar-refractivity contribution >= 4 is 33.0 Å². The zero-order valence-electron chi connectivity index (χ0n) is 14.3. The van der Waals surface area contributed by atoms with Crippen LogP contribution in [-0.2, 0) is 0 Å². The Hall–Kier alpha value is -3.00. The van der Waals surface area contributed by atoms with E-state index in [1.807, 2.05) is 61.5 Å². The first kappa shape index (κ1) is 17.8. The van der Waals surface area contributed by atoms with Crippen molar-refractivity contribution in [1.82, 2.24) is 15.0 Å². The summed E-state index contributed by atoms with van der Waals surface area (Å²) < 4.78 is 0.981. The quantitative estimate of drug-likeness (QED) is 0.376. The summed E-state index contributed by atoms with van der Waals surface area (Å²) in [6, 6.07) is 17.1. The van der Waals surface area contributed by atoms with Crippen molar-refractivity contribution in [3.63, 3.8) is 0 Å². The predicted octanol–water partition coefficient (Wildman–Crippen LogP) is 4.00. The van der Waals surface area contributed by atoms with Crippen LogP contribution in [0, 0.1) is 6.92 Å². The van der Waals surface area contributed by atoms with Gasteiger partial charge in [-0.3, -0.25) is 5.43 Å². The Bertz CT molecular complexity index is 948. The molecule has 0 saturated heterocycles. The lowest BCUT2D eigenvalue weighted by Crippen LogP contribution is -2.16. The van der Waals surface area contributed by atoms with Crippen molar-refractivity contribution in [2.45, 2.75) is 13.8 Å². The molecular weight excluding hydrogens is 396 g/mol.